The van der Waals surface area contributed by atoms with Gasteiger partial charge in [-0.05, 0) is 38.9 Å². The second kappa shape index (κ2) is 6.43. The number of nitrogens with two attached hydrogens (primary N) is 1. The first-order valence-corrected chi connectivity index (χ1v) is 5.43. The van der Waals surface area contributed by atoms with Crippen LogP contribution in [0, 0.1) is 6.92 Å². The molecule has 0 aliphatic carbocycles. The quantitative estimate of drug-likeness (QED) is 0.621. The molecule has 0 aliphatic heterocycles. The maximum Gasteiger partial charge on any atom is 0.120 e. The molecule has 0 aromatic heterocycles. The maximum atomic E-state index is 9.58. The van der Waals surface area contributed by atoms with Gasteiger partial charge in [0.2, 0.25) is 0 Å². The molecule has 3 nitrogen and oxygen atoms in total. The molecule has 1 rings (SSSR count). The molecular weight excluding hydrogens is 188 g/mol. The van der Waals surface area contributed by atoms with Crippen molar-refractivity contribution >= 4 is 0 Å². The van der Waals surface area contributed by atoms with E-state index < -0.39 is 0 Å². The largest absolute Gasteiger partial charge is 0.508 e. The Kier molecular flexibility index (Phi) is 5.15. The summed E-state index contributed by atoms with van der Waals surface area (Å²) < 4.78 is 0. The summed E-state index contributed by atoms with van der Waals surface area (Å²) in [6.45, 7) is 4.44. The Morgan fingerprint density at radius 2 is 2.13 bits per heavy atom. The van der Waals surface area contributed by atoms with Gasteiger partial charge in [0.05, 0.1) is 0 Å². The van der Waals surface area contributed by atoms with Gasteiger partial charge >= 0.3 is 0 Å². The third-order valence-electron chi connectivity index (χ3n) is 2.36. The fourth-order valence-electron chi connectivity index (χ4n) is 1.47. The van der Waals surface area contributed by atoms with Crippen LogP contribution in [0.4, 0.5) is 0 Å². The van der Waals surface area contributed by atoms with E-state index in [1.165, 1.54) is 5.56 Å². The Labute approximate surface area is 91.3 Å². The summed E-state index contributed by atoms with van der Waals surface area (Å²) in [6.07, 6.45) is 2.13. The molecule has 84 valence electrons. The van der Waals surface area contributed by atoms with Crippen molar-refractivity contribution in [1.82, 2.24) is 5.32 Å². The number of hydrogen-bond acceptors (Lipinski definition) is 3. The third kappa shape index (κ3) is 4.32. The predicted octanol–water partition coefficient (Wildman–Crippen LogP) is 1.53. The molecule has 4 N–H and O–H groups in total. The van der Waals surface area contributed by atoms with E-state index in [0.29, 0.717) is 5.75 Å². The van der Waals surface area contributed by atoms with Crippen molar-refractivity contribution in [3.05, 3.63) is 29.3 Å². The first kappa shape index (κ1) is 12.0. The zero-order valence-corrected chi connectivity index (χ0v) is 9.29. The topological polar surface area (TPSA) is 58.3 Å². The number of phenols is 1. The molecule has 0 heterocycles. The number of aryl methyl sites for hydroxylation is 1. The molecule has 0 saturated heterocycles. The van der Waals surface area contributed by atoms with Crippen molar-refractivity contribution in [2.45, 2.75) is 26.3 Å². The predicted molar refractivity (Wildman–Crippen MR) is 62.8 cm³/mol. The summed E-state index contributed by atoms with van der Waals surface area (Å²) in [5.41, 5.74) is 7.53. The SMILES string of the molecule is Cc1ccc(O)c(CNCCCCN)c1. The van der Waals surface area contributed by atoms with Crippen LogP contribution in [-0.2, 0) is 6.54 Å². The van der Waals surface area contributed by atoms with Crippen LogP contribution >= 0.6 is 0 Å². The van der Waals surface area contributed by atoms with Crippen LogP contribution in [0.5, 0.6) is 5.75 Å². The first-order chi connectivity index (χ1) is 7.24. The van der Waals surface area contributed by atoms with Crippen molar-refractivity contribution in [2.75, 3.05) is 13.1 Å². The van der Waals surface area contributed by atoms with Crippen molar-refractivity contribution in [1.29, 1.82) is 0 Å². The van der Waals surface area contributed by atoms with Gasteiger partial charge in [-0.3, -0.25) is 0 Å². The van der Waals surface area contributed by atoms with E-state index in [2.05, 4.69) is 5.32 Å². The summed E-state index contributed by atoms with van der Waals surface area (Å²) in [4.78, 5) is 0. The fraction of sp³-hybridized carbons (Fsp3) is 0.500. The maximum absolute atomic E-state index is 9.58. The Bertz CT molecular complexity index is 300. The monoisotopic (exact) mass is 208 g/mol. The van der Waals surface area contributed by atoms with Crippen LogP contribution in [0.1, 0.15) is 24.0 Å². The average Bonchev–Trinajstić information content (AvgIpc) is 2.23. The minimum absolute atomic E-state index is 0.368. The van der Waals surface area contributed by atoms with Gasteiger partial charge < -0.3 is 16.2 Å². The van der Waals surface area contributed by atoms with Gasteiger partial charge in [-0.1, -0.05) is 17.7 Å². The molecule has 0 fully saturated rings. The zero-order valence-electron chi connectivity index (χ0n) is 9.29. The summed E-state index contributed by atoms with van der Waals surface area (Å²) in [5, 5.41) is 12.9. The Morgan fingerprint density at radius 3 is 2.87 bits per heavy atom. The summed E-state index contributed by atoms with van der Waals surface area (Å²) in [6, 6.07) is 5.66. The minimum atomic E-state index is 0.368. The van der Waals surface area contributed by atoms with Crippen LogP contribution in [0.15, 0.2) is 18.2 Å². The Balaban J connectivity index is 2.33. The van der Waals surface area contributed by atoms with Crippen LogP contribution in [0.25, 0.3) is 0 Å². The molecular formula is C12H20N2O. The number of aromatic hydroxyl groups is 1. The fourth-order valence-corrected chi connectivity index (χ4v) is 1.47. The van der Waals surface area contributed by atoms with Gasteiger partial charge in [-0.25, -0.2) is 0 Å². The van der Waals surface area contributed by atoms with Crippen LogP contribution in [0.3, 0.4) is 0 Å². The summed E-state index contributed by atoms with van der Waals surface area (Å²) in [5.74, 6) is 0.368. The third-order valence-corrected chi connectivity index (χ3v) is 2.36. The number of phenolic OH excluding ortho intramolecular Hbond substituents is 1. The Morgan fingerprint density at radius 1 is 1.33 bits per heavy atom. The average molecular weight is 208 g/mol. The highest BCUT2D eigenvalue weighted by Gasteiger charge is 1.99. The van der Waals surface area contributed by atoms with Crippen LogP contribution in [-0.4, -0.2) is 18.2 Å². The van der Waals surface area contributed by atoms with E-state index in [0.717, 1.165) is 38.0 Å². The van der Waals surface area contributed by atoms with Crippen molar-refractivity contribution in [2.24, 2.45) is 5.73 Å². The van der Waals surface area contributed by atoms with Gasteiger partial charge in [0.1, 0.15) is 5.75 Å². The lowest BCUT2D eigenvalue weighted by Crippen LogP contribution is -2.16. The molecule has 0 atom stereocenters. The molecule has 0 saturated carbocycles. The van der Waals surface area contributed by atoms with E-state index in [9.17, 15) is 5.11 Å². The molecule has 0 radical (unpaired) electrons. The van der Waals surface area contributed by atoms with Gasteiger partial charge in [0.25, 0.3) is 0 Å². The summed E-state index contributed by atoms with van der Waals surface area (Å²) in [7, 11) is 0. The van der Waals surface area contributed by atoms with Gasteiger partial charge in [-0.2, -0.15) is 0 Å². The van der Waals surface area contributed by atoms with E-state index in [1.807, 2.05) is 19.1 Å². The summed E-state index contributed by atoms with van der Waals surface area (Å²) >= 11 is 0. The van der Waals surface area contributed by atoms with E-state index >= 15 is 0 Å². The minimum Gasteiger partial charge on any atom is -0.508 e. The molecule has 1 aromatic rings. The molecule has 1 aromatic carbocycles. The van der Waals surface area contributed by atoms with Crippen LogP contribution in [0.2, 0.25) is 0 Å². The van der Waals surface area contributed by atoms with E-state index in [-0.39, 0.29) is 0 Å². The number of nitrogens with one attached hydrogen (secondary N) is 1. The highest BCUT2D eigenvalue weighted by atomic mass is 16.3. The zero-order chi connectivity index (χ0) is 11.1. The molecule has 3 heteroatoms. The number of unbranched alkanes of at least 4 members (excludes halogenated alkanes) is 1. The molecule has 0 bridgehead atoms. The van der Waals surface area contributed by atoms with E-state index in [1.54, 1.807) is 6.07 Å². The van der Waals surface area contributed by atoms with E-state index in [4.69, 9.17) is 5.73 Å². The Hall–Kier alpha value is -1.06. The van der Waals surface area contributed by atoms with Crippen LogP contribution < -0.4 is 11.1 Å². The second-order valence-corrected chi connectivity index (χ2v) is 3.80. The normalized spacial score (nSPS) is 10.5. The highest BCUT2D eigenvalue weighted by Crippen LogP contribution is 2.17. The first-order valence-electron chi connectivity index (χ1n) is 5.43. The van der Waals surface area contributed by atoms with Gasteiger partial charge in [0, 0.05) is 12.1 Å². The highest BCUT2D eigenvalue weighted by molar-refractivity contribution is 5.35. The molecule has 0 amide bonds. The number of rotatable bonds is 6. The smallest absolute Gasteiger partial charge is 0.120 e. The van der Waals surface area contributed by atoms with Gasteiger partial charge in [-0.15, -0.1) is 0 Å². The molecule has 0 aliphatic rings. The van der Waals surface area contributed by atoms with Crippen molar-refractivity contribution in [3.8, 4) is 5.75 Å². The molecule has 0 spiro atoms. The molecule has 0 unspecified atom stereocenters. The lowest BCUT2D eigenvalue weighted by atomic mass is 10.1. The standard InChI is InChI=1S/C12H20N2O/c1-10-4-5-12(15)11(8-10)9-14-7-3-2-6-13/h4-5,8,14-15H,2-3,6-7,9,13H2,1H3. The number of benzene rings is 1. The second-order valence-electron chi connectivity index (χ2n) is 3.80. The number of hydrogen-bond donors (Lipinski definition) is 3. The van der Waals surface area contributed by atoms with Crippen molar-refractivity contribution < 1.29 is 5.11 Å². The van der Waals surface area contributed by atoms with Gasteiger partial charge in [0.15, 0.2) is 0 Å². The molecule has 15 heavy (non-hydrogen) atoms. The lowest BCUT2D eigenvalue weighted by molar-refractivity contribution is 0.463. The van der Waals surface area contributed by atoms with Crippen molar-refractivity contribution in [3.63, 3.8) is 0 Å². The lowest BCUT2D eigenvalue weighted by Gasteiger charge is -2.07.